The van der Waals surface area contributed by atoms with Gasteiger partial charge in [-0.15, -0.1) is 0 Å². The highest BCUT2D eigenvalue weighted by atomic mass is 32.2. The lowest BCUT2D eigenvalue weighted by molar-refractivity contribution is -0.124. The van der Waals surface area contributed by atoms with Gasteiger partial charge in [0.25, 0.3) is 5.91 Å². The minimum Gasteiger partial charge on any atom is -0.290 e. The lowest BCUT2D eigenvalue weighted by Gasteiger charge is -2.29. The monoisotopic (exact) mass is 317 g/mol. The van der Waals surface area contributed by atoms with E-state index in [1.54, 1.807) is 0 Å². The molecule has 3 rings (SSSR count). The lowest BCUT2D eigenvalue weighted by atomic mass is 9.94. The molecular formula is C17H19NOS2. The Hall–Kier alpha value is -1.13. The van der Waals surface area contributed by atoms with Crippen LogP contribution in [0.25, 0.3) is 6.08 Å². The number of thioether (sulfide) groups is 1. The molecule has 21 heavy (non-hydrogen) atoms. The second-order valence-corrected chi connectivity index (χ2v) is 7.38. The number of hydrogen-bond acceptors (Lipinski definition) is 3. The van der Waals surface area contributed by atoms with Gasteiger partial charge in [-0.25, -0.2) is 0 Å². The molecule has 110 valence electrons. The molecule has 2 fully saturated rings. The summed E-state index contributed by atoms with van der Waals surface area (Å²) >= 11 is 6.90. The molecule has 1 saturated heterocycles. The summed E-state index contributed by atoms with van der Waals surface area (Å²) in [6, 6.07) is 8.44. The molecular weight excluding hydrogens is 298 g/mol. The maximum Gasteiger partial charge on any atom is 0.266 e. The van der Waals surface area contributed by atoms with Crippen molar-refractivity contribution in [1.82, 2.24) is 4.90 Å². The quantitative estimate of drug-likeness (QED) is 0.590. The summed E-state index contributed by atoms with van der Waals surface area (Å²) in [6.45, 7) is 2.06. The molecule has 1 amide bonds. The molecule has 0 aromatic heterocycles. The van der Waals surface area contributed by atoms with E-state index in [9.17, 15) is 4.79 Å². The number of rotatable bonds is 2. The Morgan fingerprint density at radius 3 is 2.67 bits per heavy atom. The van der Waals surface area contributed by atoms with E-state index in [1.165, 1.54) is 36.6 Å². The lowest BCUT2D eigenvalue weighted by Crippen LogP contribution is -2.39. The van der Waals surface area contributed by atoms with Crippen LogP contribution in [0.15, 0.2) is 29.2 Å². The van der Waals surface area contributed by atoms with Gasteiger partial charge in [-0.05, 0) is 37.0 Å². The zero-order valence-corrected chi connectivity index (χ0v) is 13.8. The van der Waals surface area contributed by atoms with Gasteiger partial charge < -0.3 is 0 Å². The van der Waals surface area contributed by atoms with Crippen molar-refractivity contribution in [2.75, 3.05) is 0 Å². The fourth-order valence-corrected chi connectivity index (χ4v) is 4.42. The van der Waals surface area contributed by atoms with Crippen LogP contribution in [-0.4, -0.2) is 21.2 Å². The van der Waals surface area contributed by atoms with E-state index < -0.39 is 0 Å². The summed E-state index contributed by atoms with van der Waals surface area (Å²) in [5.41, 5.74) is 2.28. The fraction of sp³-hybridized carbons (Fsp3) is 0.412. The van der Waals surface area contributed by atoms with Crippen molar-refractivity contribution < 1.29 is 4.79 Å². The van der Waals surface area contributed by atoms with Gasteiger partial charge in [0.05, 0.1) is 4.91 Å². The van der Waals surface area contributed by atoms with Gasteiger partial charge in [0.1, 0.15) is 4.32 Å². The van der Waals surface area contributed by atoms with E-state index in [0.29, 0.717) is 6.04 Å². The van der Waals surface area contributed by atoms with Gasteiger partial charge in [0, 0.05) is 6.04 Å². The van der Waals surface area contributed by atoms with Crippen molar-refractivity contribution in [1.29, 1.82) is 0 Å². The first-order valence-corrected chi connectivity index (χ1v) is 8.72. The van der Waals surface area contributed by atoms with Gasteiger partial charge in [0.15, 0.2) is 0 Å². The largest absolute Gasteiger partial charge is 0.290 e. The van der Waals surface area contributed by atoms with E-state index in [2.05, 4.69) is 13.0 Å². The first-order valence-electron chi connectivity index (χ1n) is 7.49. The van der Waals surface area contributed by atoms with Gasteiger partial charge in [-0.2, -0.15) is 0 Å². The van der Waals surface area contributed by atoms with Crippen molar-refractivity contribution in [2.24, 2.45) is 0 Å². The summed E-state index contributed by atoms with van der Waals surface area (Å²) in [7, 11) is 0. The van der Waals surface area contributed by atoms with E-state index in [0.717, 1.165) is 27.6 Å². The first-order chi connectivity index (χ1) is 10.2. The minimum atomic E-state index is 0.0974. The number of carbonyl (C=O) groups excluding carboxylic acids is 1. The summed E-state index contributed by atoms with van der Waals surface area (Å²) in [5.74, 6) is 0.0974. The van der Waals surface area contributed by atoms with E-state index >= 15 is 0 Å². The maximum absolute atomic E-state index is 12.7. The van der Waals surface area contributed by atoms with Gasteiger partial charge in [-0.3, -0.25) is 9.69 Å². The third-order valence-corrected chi connectivity index (χ3v) is 5.57. The van der Waals surface area contributed by atoms with Crippen LogP contribution in [0, 0.1) is 6.92 Å². The highest BCUT2D eigenvalue weighted by molar-refractivity contribution is 8.26. The van der Waals surface area contributed by atoms with E-state index in [4.69, 9.17) is 12.2 Å². The zero-order valence-electron chi connectivity index (χ0n) is 12.2. The Bertz CT molecular complexity index is 603. The third-order valence-electron chi connectivity index (χ3n) is 4.24. The van der Waals surface area contributed by atoms with E-state index in [-0.39, 0.29) is 5.91 Å². The molecule has 1 aromatic rings. The van der Waals surface area contributed by atoms with Crippen molar-refractivity contribution in [3.63, 3.8) is 0 Å². The summed E-state index contributed by atoms with van der Waals surface area (Å²) < 4.78 is 0.728. The maximum atomic E-state index is 12.7. The highest BCUT2D eigenvalue weighted by Crippen LogP contribution is 2.37. The Labute approximate surface area is 135 Å². The summed E-state index contributed by atoms with van der Waals surface area (Å²) in [5, 5.41) is 0. The summed E-state index contributed by atoms with van der Waals surface area (Å²) in [4.78, 5) is 15.3. The van der Waals surface area contributed by atoms with Crippen LogP contribution in [-0.2, 0) is 4.79 Å². The van der Waals surface area contributed by atoms with Gasteiger partial charge >= 0.3 is 0 Å². The number of amides is 1. The van der Waals surface area contributed by atoms with E-state index in [1.807, 2.05) is 29.2 Å². The van der Waals surface area contributed by atoms with Crippen molar-refractivity contribution >= 4 is 40.3 Å². The highest BCUT2D eigenvalue weighted by Gasteiger charge is 2.37. The number of aryl methyl sites for hydroxylation is 1. The Morgan fingerprint density at radius 1 is 1.24 bits per heavy atom. The average molecular weight is 317 g/mol. The van der Waals surface area contributed by atoms with Crippen LogP contribution in [0.1, 0.15) is 43.2 Å². The smallest absolute Gasteiger partial charge is 0.266 e. The van der Waals surface area contributed by atoms with Crippen LogP contribution < -0.4 is 0 Å². The first kappa shape index (κ1) is 14.8. The number of nitrogens with zero attached hydrogens (tertiary/aromatic N) is 1. The van der Waals surface area contributed by atoms with Crippen LogP contribution in [0.2, 0.25) is 0 Å². The molecule has 0 spiro atoms. The molecule has 0 bridgehead atoms. The molecule has 0 N–H and O–H groups in total. The molecule has 4 heteroatoms. The van der Waals surface area contributed by atoms with Crippen molar-refractivity contribution in [3.8, 4) is 0 Å². The van der Waals surface area contributed by atoms with Crippen LogP contribution in [0.3, 0.4) is 0 Å². The van der Waals surface area contributed by atoms with Crippen LogP contribution in [0.4, 0.5) is 0 Å². The standard InChI is InChI=1S/C17H19NOS2/c1-12-7-5-6-8-13(12)11-15-16(19)18(17(20)21-15)14-9-3-2-4-10-14/h5-8,11,14H,2-4,9-10H2,1H3/b15-11-. The third kappa shape index (κ3) is 3.06. The molecule has 0 atom stereocenters. The van der Waals surface area contributed by atoms with Crippen LogP contribution >= 0.6 is 24.0 Å². The molecule has 1 aliphatic heterocycles. The SMILES string of the molecule is Cc1ccccc1/C=C1\SC(=S)N(C2CCCCC2)C1=O. The fourth-order valence-electron chi connectivity index (χ4n) is 3.02. The van der Waals surface area contributed by atoms with Crippen molar-refractivity contribution in [2.45, 2.75) is 45.1 Å². The van der Waals surface area contributed by atoms with Gasteiger partial charge in [0.2, 0.25) is 0 Å². The predicted octanol–water partition coefficient (Wildman–Crippen LogP) is 4.53. The van der Waals surface area contributed by atoms with Gasteiger partial charge in [-0.1, -0.05) is 67.5 Å². The normalized spacial score (nSPS) is 22.3. The molecule has 2 nitrogen and oxygen atoms in total. The Morgan fingerprint density at radius 2 is 1.95 bits per heavy atom. The molecule has 1 aromatic carbocycles. The number of thiocarbonyl (C=S) groups is 1. The Kier molecular flexibility index (Phi) is 4.45. The molecule has 1 saturated carbocycles. The predicted molar refractivity (Wildman–Crippen MR) is 93.1 cm³/mol. The molecule has 0 radical (unpaired) electrons. The second-order valence-electron chi connectivity index (χ2n) is 5.70. The average Bonchev–Trinajstić information content (AvgIpc) is 2.77. The minimum absolute atomic E-state index is 0.0974. The topological polar surface area (TPSA) is 20.3 Å². The summed E-state index contributed by atoms with van der Waals surface area (Å²) in [6.07, 6.45) is 7.85. The number of benzene rings is 1. The molecule has 2 aliphatic rings. The second kappa shape index (κ2) is 6.32. The molecule has 0 unspecified atom stereocenters. The van der Waals surface area contributed by atoms with Crippen LogP contribution in [0.5, 0.6) is 0 Å². The molecule has 1 heterocycles. The number of hydrogen-bond donors (Lipinski definition) is 0. The molecule has 1 aliphatic carbocycles. The number of carbonyl (C=O) groups is 1. The van der Waals surface area contributed by atoms with Crippen molar-refractivity contribution in [3.05, 3.63) is 40.3 Å². The Balaban J connectivity index is 1.84. The zero-order chi connectivity index (χ0) is 14.8.